The smallest absolute Gasteiger partial charge is 0.458 e. The minimum absolute atomic E-state index is 0.0127. The first kappa shape index (κ1) is 14.2. The predicted octanol–water partition coefficient (Wildman–Crippen LogP) is 3.03. The Morgan fingerprint density at radius 1 is 1.35 bits per heavy atom. The van der Waals surface area contributed by atoms with Crippen LogP contribution in [0.15, 0.2) is 18.2 Å². The molecule has 0 aliphatic rings. The van der Waals surface area contributed by atoms with Crippen molar-refractivity contribution in [3.63, 3.8) is 0 Å². The van der Waals surface area contributed by atoms with Gasteiger partial charge >= 0.3 is 12.3 Å². The standard InChI is InChI=1S/C12H11F3N2O3/c1-6(2)19-11(18)10-7-4-3-5-8(9(7)16-17-10)20-12(13,14)15/h3-6H,1-2H3,(H,16,17). The number of hydrogen-bond donors (Lipinski definition) is 1. The van der Waals surface area contributed by atoms with E-state index >= 15 is 0 Å². The van der Waals surface area contributed by atoms with Crippen molar-refractivity contribution in [3.8, 4) is 5.75 Å². The molecule has 0 radical (unpaired) electrons. The van der Waals surface area contributed by atoms with Gasteiger partial charge in [-0.3, -0.25) is 5.10 Å². The van der Waals surface area contributed by atoms with Gasteiger partial charge in [-0.15, -0.1) is 13.2 Å². The third-order valence-electron chi connectivity index (χ3n) is 2.32. The lowest BCUT2D eigenvalue weighted by atomic mass is 10.2. The van der Waals surface area contributed by atoms with E-state index in [2.05, 4.69) is 14.9 Å². The molecule has 1 aromatic heterocycles. The molecular formula is C12H11F3N2O3. The summed E-state index contributed by atoms with van der Waals surface area (Å²) in [5.74, 6) is -1.17. The number of halogens is 3. The van der Waals surface area contributed by atoms with Crippen molar-refractivity contribution in [1.29, 1.82) is 0 Å². The summed E-state index contributed by atoms with van der Waals surface area (Å²) >= 11 is 0. The highest BCUT2D eigenvalue weighted by atomic mass is 19.4. The van der Waals surface area contributed by atoms with Crippen molar-refractivity contribution < 1.29 is 27.4 Å². The normalized spacial score (nSPS) is 11.9. The van der Waals surface area contributed by atoms with Crippen molar-refractivity contribution >= 4 is 16.9 Å². The Labute approximate surface area is 111 Å². The number of alkyl halides is 3. The van der Waals surface area contributed by atoms with Crippen LogP contribution in [0.2, 0.25) is 0 Å². The molecule has 2 rings (SSSR count). The molecule has 0 saturated heterocycles. The van der Waals surface area contributed by atoms with Gasteiger partial charge in [-0.2, -0.15) is 5.10 Å². The first-order chi connectivity index (χ1) is 9.28. The number of carbonyl (C=O) groups excluding carboxylic acids is 1. The topological polar surface area (TPSA) is 64.2 Å². The fourth-order valence-corrected chi connectivity index (χ4v) is 1.65. The number of carbonyl (C=O) groups is 1. The molecule has 0 fully saturated rings. The monoisotopic (exact) mass is 288 g/mol. The molecule has 1 heterocycles. The van der Waals surface area contributed by atoms with Crippen LogP contribution in [0.5, 0.6) is 5.75 Å². The quantitative estimate of drug-likeness (QED) is 0.882. The van der Waals surface area contributed by atoms with E-state index in [-0.39, 0.29) is 22.7 Å². The van der Waals surface area contributed by atoms with Gasteiger partial charge in [-0.1, -0.05) is 12.1 Å². The maximum absolute atomic E-state index is 12.3. The Balaban J connectivity index is 2.42. The number of ether oxygens (including phenoxy) is 2. The fourth-order valence-electron chi connectivity index (χ4n) is 1.65. The van der Waals surface area contributed by atoms with Crippen molar-refractivity contribution in [3.05, 3.63) is 23.9 Å². The number of esters is 1. The van der Waals surface area contributed by atoms with Crippen LogP contribution in [0.1, 0.15) is 24.3 Å². The van der Waals surface area contributed by atoms with Crippen molar-refractivity contribution in [2.45, 2.75) is 26.3 Å². The van der Waals surface area contributed by atoms with Crippen molar-refractivity contribution in [1.82, 2.24) is 10.2 Å². The first-order valence-corrected chi connectivity index (χ1v) is 5.72. The van der Waals surface area contributed by atoms with Gasteiger partial charge in [0.2, 0.25) is 0 Å². The zero-order chi connectivity index (χ0) is 14.9. The average Bonchev–Trinajstić information content (AvgIpc) is 2.70. The third-order valence-corrected chi connectivity index (χ3v) is 2.32. The first-order valence-electron chi connectivity index (χ1n) is 5.72. The number of nitrogens with zero attached hydrogens (tertiary/aromatic N) is 1. The highest BCUT2D eigenvalue weighted by molar-refractivity contribution is 6.03. The summed E-state index contributed by atoms with van der Waals surface area (Å²) in [7, 11) is 0. The van der Waals surface area contributed by atoms with Gasteiger partial charge in [0, 0.05) is 5.39 Å². The van der Waals surface area contributed by atoms with Crippen LogP contribution in [-0.2, 0) is 4.74 Å². The molecule has 0 aliphatic heterocycles. The highest BCUT2D eigenvalue weighted by Gasteiger charge is 2.32. The van der Waals surface area contributed by atoms with Crippen molar-refractivity contribution in [2.75, 3.05) is 0 Å². The van der Waals surface area contributed by atoms with Crippen LogP contribution in [0, 0.1) is 0 Å². The Kier molecular flexibility index (Phi) is 3.56. The highest BCUT2D eigenvalue weighted by Crippen LogP contribution is 2.30. The minimum atomic E-state index is -4.83. The van der Waals surface area contributed by atoms with E-state index in [1.54, 1.807) is 13.8 Å². The largest absolute Gasteiger partial charge is 0.573 e. The summed E-state index contributed by atoms with van der Waals surface area (Å²) in [6.07, 6.45) is -5.18. The maximum Gasteiger partial charge on any atom is 0.573 e. The summed E-state index contributed by atoms with van der Waals surface area (Å²) in [6, 6.07) is 3.91. The maximum atomic E-state index is 12.3. The van der Waals surface area contributed by atoms with Gasteiger partial charge < -0.3 is 9.47 Å². The number of nitrogens with one attached hydrogen (secondary N) is 1. The van der Waals surface area contributed by atoms with Crippen LogP contribution in [0.3, 0.4) is 0 Å². The summed E-state index contributed by atoms with van der Waals surface area (Å²) in [5, 5.41) is 6.26. The van der Waals surface area contributed by atoms with E-state index in [4.69, 9.17) is 4.74 Å². The predicted molar refractivity (Wildman–Crippen MR) is 63.3 cm³/mol. The van der Waals surface area contributed by atoms with E-state index in [1.165, 1.54) is 12.1 Å². The molecule has 1 N–H and O–H groups in total. The zero-order valence-corrected chi connectivity index (χ0v) is 10.6. The van der Waals surface area contributed by atoms with E-state index in [0.29, 0.717) is 0 Å². The van der Waals surface area contributed by atoms with Crippen molar-refractivity contribution in [2.24, 2.45) is 0 Å². The lowest BCUT2D eigenvalue weighted by molar-refractivity contribution is -0.274. The lowest BCUT2D eigenvalue weighted by Crippen LogP contribution is -2.17. The molecule has 0 unspecified atom stereocenters. The molecule has 108 valence electrons. The second-order valence-corrected chi connectivity index (χ2v) is 4.25. The second-order valence-electron chi connectivity index (χ2n) is 4.25. The second kappa shape index (κ2) is 5.03. The number of fused-ring (bicyclic) bond motifs is 1. The molecular weight excluding hydrogens is 277 g/mol. The molecule has 1 aromatic carbocycles. The van der Waals surface area contributed by atoms with Gasteiger partial charge in [0.1, 0.15) is 5.52 Å². The van der Waals surface area contributed by atoms with E-state index < -0.39 is 18.1 Å². The summed E-state index contributed by atoms with van der Waals surface area (Å²) < 4.78 is 45.6. The number of para-hydroxylation sites is 1. The fraction of sp³-hybridized carbons (Fsp3) is 0.333. The van der Waals surface area contributed by atoms with E-state index in [9.17, 15) is 18.0 Å². The van der Waals surface area contributed by atoms with Gasteiger partial charge in [0.25, 0.3) is 0 Å². The number of H-pyrrole nitrogens is 1. The number of aromatic amines is 1. The van der Waals surface area contributed by atoms with E-state index in [1.807, 2.05) is 0 Å². The Morgan fingerprint density at radius 3 is 2.65 bits per heavy atom. The molecule has 0 amide bonds. The van der Waals surface area contributed by atoms with Gasteiger partial charge in [-0.05, 0) is 19.9 Å². The van der Waals surface area contributed by atoms with Gasteiger partial charge in [0.15, 0.2) is 11.4 Å². The average molecular weight is 288 g/mol. The number of rotatable bonds is 3. The van der Waals surface area contributed by atoms with Crippen LogP contribution in [0.25, 0.3) is 10.9 Å². The minimum Gasteiger partial charge on any atom is -0.458 e. The summed E-state index contributed by atoms with van der Waals surface area (Å²) in [4.78, 5) is 11.8. The molecule has 0 aliphatic carbocycles. The zero-order valence-electron chi connectivity index (χ0n) is 10.6. The van der Waals surface area contributed by atoms with Gasteiger partial charge in [-0.25, -0.2) is 4.79 Å². The summed E-state index contributed by atoms with van der Waals surface area (Å²) in [5.41, 5.74) is -0.0955. The molecule has 20 heavy (non-hydrogen) atoms. The van der Waals surface area contributed by atoms with Crippen LogP contribution in [0.4, 0.5) is 13.2 Å². The molecule has 5 nitrogen and oxygen atoms in total. The number of hydrogen-bond acceptors (Lipinski definition) is 4. The van der Waals surface area contributed by atoms with E-state index in [0.717, 1.165) is 6.07 Å². The number of benzene rings is 1. The Bertz CT molecular complexity index is 634. The third kappa shape index (κ3) is 3.01. The van der Waals surface area contributed by atoms with Gasteiger partial charge in [0.05, 0.1) is 6.10 Å². The van der Waals surface area contributed by atoms with Crippen LogP contribution in [-0.4, -0.2) is 28.6 Å². The molecule has 0 bridgehead atoms. The van der Waals surface area contributed by atoms with Crippen LogP contribution >= 0.6 is 0 Å². The Morgan fingerprint density at radius 2 is 2.05 bits per heavy atom. The molecule has 0 spiro atoms. The molecule has 0 saturated carbocycles. The molecule has 2 aromatic rings. The molecule has 8 heteroatoms. The van der Waals surface area contributed by atoms with Crippen LogP contribution < -0.4 is 4.74 Å². The number of aromatic nitrogens is 2. The SMILES string of the molecule is CC(C)OC(=O)c1[nH]nc2c(OC(F)(F)F)cccc12. The Hall–Kier alpha value is -2.25. The molecule has 0 atom stereocenters. The summed E-state index contributed by atoms with van der Waals surface area (Å²) in [6.45, 7) is 3.32. The lowest BCUT2D eigenvalue weighted by Gasteiger charge is -2.09.